The van der Waals surface area contributed by atoms with Gasteiger partial charge < -0.3 is 25.4 Å². The summed E-state index contributed by atoms with van der Waals surface area (Å²) in [4.78, 5) is 0.305. The van der Waals surface area contributed by atoms with Gasteiger partial charge in [0, 0.05) is 8.58 Å². The average Bonchev–Trinajstić information content (AvgIpc) is 2.93. The minimum Gasteiger partial charge on any atom is -0.394 e. The molecule has 0 amide bonds. The highest BCUT2D eigenvalue weighted by atomic mass is 32.1. The van der Waals surface area contributed by atoms with Gasteiger partial charge in [-0.1, -0.05) is 12.2 Å². The summed E-state index contributed by atoms with van der Waals surface area (Å²) in [5.74, 6) is 1.58. The van der Waals surface area contributed by atoms with Crippen molar-refractivity contribution in [2.75, 3.05) is 6.61 Å². The van der Waals surface area contributed by atoms with E-state index in [2.05, 4.69) is 15.5 Å². The Bertz CT molecular complexity index is 378. The van der Waals surface area contributed by atoms with Crippen LogP contribution in [0.5, 0.6) is 0 Å². The second-order valence-corrected chi connectivity index (χ2v) is 4.84. The first-order chi connectivity index (χ1) is 8.13. The standard InChI is InChI=1S/C8H11N3O4PS/c12-1-3-4(13)5(14)6(15-3)10-8(17)7-11-9-2-16-7/h2-6,12-14H,1H2,(H,10,17)/t3-,4-,5-,6-/m1/s1. The summed E-state index contributed by atoms with van der Waals surface area (Å²) in [6.45, 7) is -0.370. The van der Waals surface area contributed by atoms with Crippen molar-refractivity contribution in [3.05, 3.63) is 0 Å². The monoisotopic (exact) mass is 276 g/mol. The molecule has 2 aliphatic heterocycles. The van der Waals surface area contributed by atoms with E-state index in [-0.39, 0.29) is 6.61 Å². The van der Waals surface area contributed by atoms with E-state index in [4.69, 9.17) is 22.1 Å². The van der Waals surface area contributed by atoms with Crippen LogP contribution in [0.4, 0.5) is 0 Å². The highest BCUT2D eigenvalue weighted by Gasteiger charge is 2.42. The van der Waals surface area contributed by atoms with Gasteiger partial charge in [-0.3, -0.25) is 0 Å². The van der Waals surface area contributed by atoms with Crippen molar-refractivity contribution in [3.63, 3.8) is 0 Å². The second-order valence-electron chi connectivity index (χ2n) is 3.52. The van der Waals surface area contributed by atoms with E-state index in [1.807, 2.05) is 0 Å². The third kappa shape index (κ3) is 2.67. The molecule has 0 aliphatic carbocycles. The zero-order valence-corrected chi connectivity index (χ0v) is 10.3. The number of nitrogens with zero attached hydrogens (tertiary/aromatic N) is 2. The number of rotatable bonds is 3. The SMILES string of the molecule is OC[C@H]1O[C@@H](NC(=S)C2=NN=C[P]2)[C@H](O)[C@@H]1O. The van der Waals surface area contributed by atoms with Gasteiger partial charge in [-0.2, -0.15) is 5.10 Å². The fraction of sp³-hybridized carbons (Fsp3) is 0.625. The second kappa shape index (κ2) is 5.43. The Morgan fingerprint density at radius 3 is 2.82 bits per heavy atom. The Kier molecular flexibility index (Phi) is 4.13. The van der Waals surface area contributed by atoms with Gasteiger partial charge in [0.2, 0.25) is 0 Å². The number of nitrogens with one attached hydrogen (secondary N) is 1. The van der Waals surface area contributed by atoms with E-state index in [0.717, 1.165) is 8.58 Å². The molecule has 0 aromatic carbocycles. The third-order valence-electron chi connectivity index (χ3n) is 2.40. The molecular formula is C8H11N3O4PS. The van der Waals surface area contributed by atoms with Gasteiger partial charge in [0.25, 0.3) is 0 Å². The Hall–Kier alpha value is -0.500. The van der Waals surface area contributed by atoms with Crippen molar-refractivity contribution in [1.29, 1.82) is 0 Å². The molecular weight excluding hydrogens is 265 g/mol. The van der Waals surface area contributed by atoms with Gasteiger partial charge in [-0.05, 0) is 0 Å². The number of thiocarbonyl (C=S) groups is 1. The molecule has 4 atom stereocenters. The third-order valence-corrected chi connectivity index (χ3v) is 3.64. The zero-order valence-electron chi connectivity index (χ0n) is 8.59. The summed E-state index contributed by atoms with van der Waals surface area (Å²) in [5, 5.41) is 38.3. The number of hydrogen-bond donors (Lipinski definition) is 4. The van der Waals surface area contributed by atoms with Crippen LogP contribution in [0.25, 0.3) is 0 Å². The topological polar surface area (TPSA) is 107 Å². The average molecular weight is 276 g/mol. The van der Waals surface area contributed by atoms with Crippen LogP contribution >= 0.6 is 20.8 Å². The summed E-state index contributed by atoms with van der Waals surface area (Å²) in [5.41, 5.74) is 0.553. The molecule has 0 saturated carbocycles. The minimum atomic E-state index is -1.15. The molecule has 1 radical (unpaired) electrons. The van der Waals surface area contributed by atoms with Crippen LogP contribution < -0.4 is 5.32 Å². The molecule has 1 fully saturated rings. The normalized spacial score (nSPS) is 37.5. The van der Waals surface area contributed by atoms with Gasteiger partial charge in [0.05, 0.1) is 12.6 Å². The lowest BCUT2D eigenvalue weighted by Gasteiger charge is -2.17. The lowest BCUT2D eigenvalue weighted by atomic mass is 10.1. The lowest BCUT2D eigenvalue weighted by Crippen LogP contribution is -2.44. The molecule has 2 rings (SSSR count). The molecule has 2 heterocycles. The van der Waals surface area contributed by atoms with Crippen molar-refractivity contribution in [3.8, 4) is 0 Å². The van der Waals surface area contributed by atoms with Crippen molar-refractivity contribution in [1.82, 2.24) is 5.32 Å². The molecule has 0 spiro atoms. The molecule has 0 bridgehead atoms. The first kappa shape index (κ1) is 12.9. The van der Waals surface area contributed by atoms with Gasteiger partial charge in [-0.15, -0.1) is 5.10 Å². The van der Waals surface area contributed by atoms with Gasteiger partial charge in [0.1, 0.15) is 28.8 Å². The summed E-state index contributed by atoms with van der Waals surface area (Å²) >= 11 is 5.05. The minimum absolute atomic E-state index is 0.305. The maximum atomic E-state index is 9.67. The number of aliphatic hydroxyl groups is 3. The molecule has 9 heteroatoms. The van der Waals surface area contributed by atoms with E-state index in [1.54, 1.807) is 5.96 Å². The van der Waals surface area contributed by atoms with Crippen LogP contribution in [-0.4, -0.2) is 62.9 Å². The van der Waals surface area contributed by atoms with Gasteiger partial charge in [0.15, 0.2) is 6.23 Å². The van der Waals surface area contributed by atoms with E-state index >= 15 is 0 Å². The van der Waals surface area contributed by atoms with Crippen molar-refractivity contribution >= 4 is 37.2 Å². The number of aliphatic hydroxyl groups excluding tert-OH is 3. The fourth-order valence-electron chi connectivity index (χ4n) is 1.50. The van der Waals surface area contributed by atoms with Crippen LogP contribution in [0.2, 0.25) is 0 Å². The molecule has 4 N–H and O–H groups in total. The maximum absolute atomic E-state index is 9.67. The van der Waals surface area contributed by atoms with Crippen LogP contribution in [-0.2, 0) is 4.74 Å². The zero-order chi connectivity index (χ0) is 12.4. The van der Waals surface area contributed by atoms with Gasteiger partial charge >= 0.3 is 0 Å². The Morgan fingerprint density at radius 2 is 2.29 bits per heavy atom. The quantitative estimate of drug-likeness (QED) is 0.375. The predicted octanol–water partition coefficient (Wildman–Crippen LogP) is -1.36. The highest BCUT2D eigenvalue weighted by Crippen LogP contribution is 2.21. The van der Waals surface area contributed by atoms with Crippen LogP contribution in [0.1, 0.15) is 0 Å². The fourth-order valence-corrected chi connectivity index (χ4v) is 2.32. The Balaban J connectivity index is 1.93. The number of ether oxygens (including phenoxy) is 1. The van der Waals surface area contributed by atoms with Crippen LogP contribution in [0.15, 0.2) is 10.2 Å². The van der Waals surface area contributed by atoms with Crippen LogP contribution in [0, 0.1) is 0 Å². The molecule has 1 saturated heterocycles. The molecule has 0 unspecified atom stereocenters. The van der Waals surface area contributed by atoms with E-state index in [0.29, 0.717) is 10.4 Å². The molecule has 2 aliphatic rings. The summed E-state index contributed by atoms with van der Waals surface area (Å²) in [7, 11) is 0.768. The summed E-state index contributed by atoms with van der Waals surface area (Å²) < 4.78 is 5.22. The van der Waals surface area contributed by atoms with E-state index < -0.39 is 24.5 Å². The van der Waals surface area contributed by atoms with E-state index in [1.165, 1.54) is 0 Å². The largest absolute Gasteiger partial charge is 0.394 e. The molecule has 0 aromatic heterocycles. The summed E-state index contributed by atoms with van der Waals surface area (Å²) in [6.07, 6.45) is -3.96. The molecule has 93 valence electrons. The molecule has 7 nitrogen and oxygen atoms in total. The number of hydrogen-bond acceptors (Lipinski definition) is 7. The van der Waals surface area contributed by atoms with Gasteiger partial charge in [-0.25, -0.2) is 0 Å². The van der Waals surface area contributed by atoms with Crippen LogP contribution in [0.3, 0.4) is 0 Å². The highest BCUT2D eigenvalue weighted by molar-refractivity contribution is 7.88. The Labute approximate surface area is 104 Å². The molecule has 17 heavy (non-hydrogen) atoms. The Morgan fingerprint density at radius 1 is 1.53 bits per heavy atom. The summed E-state index contributed by atoms with van der Waals surface area (Å²) in [6, 6.07) is 0. The first-order valence-corrected chi connectivity index (χ1v) is 6.24. The molecule has 0 aromatic rings. The smallest absolute Gasteiger partial charge is 0.157 e. The van der Waals surface area contributed by atoms with E-state index in [9.17, 15) is 10.2 Å². The first-order valence-electron chi connectivity index (χ1n) is 4.87. The lowest BCUT2D eigenvalue weighted by molar-refractivity contribution is -0.0258. The van der Waals surface area contributed by atoms with Crippen molar-refractivity contribution in [2.24, 2.45) is 10.2 Å². The predicted molar refractivity (Wildman–Crippen MR) is 66.3 cm³/mol. The van der Waals surface area contributed by atoms with Crippen molar-refractivity contribution < 1.29 is 20.1 Å². The maximum Gasteiger partial charge on any atom is 0.157 e. The van der Waals surface area contributed by atoms with Crippen molar-refractivity contribution in [2.45, 2.75) is 24.5 Å².